The number of unbranched alkanes of at least 4 members (excludes halogenated alkanes) is 16. The van der Waals surface area contributed by atoms with Crippen molar-refractivity contribution in [3.8, 4) is 0 Å². The Hall–Kier alpha value is -5.53. The number of carbonyl (C=O) groups is 7. The van der Waals surface area contributed by atoms with Crippen LogP contribution in [-0.2, 0) is 66.7 Å². The van der Waals surface area contributed by atoms with Crippen molar-refractivity contribution >= 4 is 41.8 Å². The predicted octanol–water partition coefficient (Wildman–Crippen LogP) is 29.3. The lowest BCUT2D eigenvalue weighted by molar-refractivity contribution is -0.145. The van der Waals surface area contributed by atoms with Crippen LogP contribution in [-0.4, -0.2) is 91.6 Å². The van der Waals surface area contributed by atoms with Crippen LogP contribution >= 0.6 is 0 Å². The zero-order valence-corrected chi connectivity index (χ0v) is 79.8. The van der Waals surface area contributed by atoms with Crippen molar-refractivity contribution < 1.29 is 66.7 Å². The SMILES string of the molecule is C=CCC(C)(CC=C)CCCCC(C)C(=O)OC.C=CCC(C)CCCCC(C)C(=O)OC.C=CCCC.CCCC=CCC(C)C(=O)OC.CCCCCCC(C)C(=O)OC.CCCCCCCCC=CCC(C)CCCCC(C)C(=O)OC.COC(=O)C(C)CCCCC1(C)CC=CC1.COC(=O)C(C)CCCCC1CCCC1. The van der Waals surface area contributed by atoms with Crippen LogP contribution in [0.3, 0.4) is 0 Å². The summed E-state index contributed by atoms with van der Waals surface area (Å²) in [5.74, 6) is 2.16. The summed E-state index contributed by atoms with van der Waals surface area (Å²) in [5.41, 5.74) is 0.770. The third-order valence-electron chi connectivity index (χ3n) is 22.5. The Morgan fingerprint density at radius 2 is 0.690 bits per heavy atom. The number of methoxy groups -OCH3 is 7. The van der Waals surface area contributed by atoms with E-state index in [0.717, 1.165) is 146 Å². The second kappa shape index (κ2) is 87.3. The van der Waals surface area contributed by atoms with Crippen molar-refractivity contribution in [2.45, 2.75) is 406 Å². The highest BCUT2D eigenvalue weighted by Gasteiger charge is 2.26. The van der Waals surface area contributed by atoms with Gasteiger partial charge in [0.05, 0.1) is 91.2 Å². The van der Waals surface area contributed by atoms with E-state index in [4.69, 9.17) is 18.9 Å². The molecule has 2 aliphatic carbocycles. The molecule has 2 rings (SSSR count). The van der Waals surface area contributed by atoms with E-state index < -0.39 is 0 Å². The summed E-state index contributed by atoms with van der Waals surface area (Å²) < 4.78 is 32.8. The van der Waals surface area contributed by atoms with Crippen LogP contribution in [0, 0.1) is 70.0 Å². The van der Waals surface area contributed by atoms with Gasteiger partial charge in [0, 0.05) is 0 Å². The third kappa shape index (κ3) is 79.6. The van der Waals surface area contributed by atoms with Crippen LogP contribution in [0.2, 0.25) is 0 Å². The summed E-state index contributed by atoms with van der Waals surface area (Å²) in [6.45, 7) is 46.4. The van der Waals surface area contributed by atoms with E-state index in [9.17, 15) is 33.6 Å². The van der Waals surface area contributed by atoms with Gasteiger partial charge in [-0.1, -0.05) is 344 Å². The average molecular weight is 1640 g/mol. The second-order valence-corrected chi connectivity index (χ2v) is 34.4. The van der Waals surface area contributed by atoms with Gasteiger partial charge in [-0.25, -0.2) is 0 Å². The lowest BCUT2D eigenvalue weighted by Gasteiger charge is -2.27. The Morgan fingerprint density at radius 3 is 1.06 bits per heavy atom. The summed E-state index contributed by atoms with van der Waals surface area (Å²) in [7, 11) is 10.2. The Morgan fingerprint density at radius 1 is 0.362 bits per heavy atom. The molecule has 680 valence electrons. The maximum absolute atomic E-state index is 11.3. The van der Waals surface area contributed by atoms with Crippen LogP contribution in [0.5, 0.6) is 0 Å². The van der Waals surface area contributed by atoms with Crippen LogP contribution in [0.4, 0.5) is 0 Å². The maximum Gasteiger partial charge on any atom is 0.308 e. The topological polar surface area (TPSA) is 184 Å². The number of esters is 7. The molecule has 9 atom stereocenters. The quantitative estimate of drug-likeness (QED) is 0.0242. The highest BCUT2D eigenvalue weighted by molar-refractivity contribution is 5.74. The molecule has 0 aromatic rings. The normalized spacial score (nSPS) is 14.8. The Balaban J connectivity index is -0.000000304. The van der Waals surface area contributed by atoms with Gasteiger partial charge in [0.1, 0.15) is 0 Å². The first-order valence-electron chi connectivity index (χ1n) is 46.3. The second-order valence-electron chi connectivity index (χ2n) is 34.4. The number of rotatable bonds is 58. The fourth-order valence-electron chi connectivity index (χ4n) is 14.0. The fraction of sp³-hybridized carbons (Fsp3) is 0.794. The molecule has 1 saturated carbocycles. The lowest BCUT2D eigenvalue weighted by atomic mass is 9.78. The van der Waals surface area contributed by atoms with Crippen molar-refractivity contribution in [2.24, 2.45) is 70.0 Å². The largest absolute Gasteiger partial charge is 0.469 e. The third-order valence-corrected chi connectivity index (χ3v) is 22.5. The molecular formula is C102H188O14. The van der Waals surface area contributed by atoms with Crippen LogP contribution in [0.15, 0.2) is 87.1 Å². The van der Waals surface area contributed by atoms with Gasteiger partial charge in [0.15, 0.2) is 0 Å². The number of hydrogen-bond acceptors (Lipinski definition) is 14. The molecule has 0 bridgehead atoms. The minimum atomic E-state index is -0.129. The van der Waals surface area contributed by atoms with E-state index in [-0.39, 0.29) is 88.6 Å². The first-order chi connectivity index (χ1) is 55.4. The summed E-state index contributed by atoms with van der Waals surface area (Å²) in [6, 6.07) is 0. The minimum absolute atomic E-state index is 0.0110. The molecule has 0 spiro atoms. The molecule has 0 saturated heterocycles. The van der Waals surface area contributed by atoms with Gasteiger partial charge in [-0.2, -0.15) is 0 Å². The zero-order valence-electron chi connectivity index (χ0n) is 79.8. The van der Waals surface area contributed by atoms with Crippen LogP contribution in [0.1, 0.15) is 406 Å². The average Bonchev–Trinajstić information content (AvgIpc) is 1.69. The van der Waals surface area contributed by atoms with Gasteiger partial charge in [0.25, 0.3) is 0 Å². The molecule has 0 amide bonds. The molecule has 14 nitrogen and oxygen atoms in total. The van der Waals surface area contributed by atoms with Gasteiger partial charge in [0.2, 0.25) is 0 Å². The van der Waals surface area contributed by atoms with Gasteiger partial charge in [-0.05, 0) is 151 Å². The predicted molar refractivity (Wildman–Crippen MR) is 494 cm³/mol. The number of allylic oxidation sites excluding steroid dienone is 10. The van der Waals surface area contributed by atoms with Gasteiger partial charge in [-0.15, -0.1) is 26.3 Å². The number of carbonyl (C=O) groups excluding carboxylic acids is 7. The molecule has 1 fully saturated rings. The summed E-state index contributed by atoms with van der Waals surface area (Å²) >= 11 is 0. The van der Waals surface area contributed by atoms with E-state index in [1.807, 2.05) is 78.8 Å². The molecule has 0 heterocycles. The monoisotopic (exact) mass is 1640 g/mol. The molecule has 0 aliphatic heterocycles. The maximum atomic E-state index is 11.3. The standard InChI is InChI=1S/C21H40O2.C16H28O2.C14H24O2.2C13H24O2.C10H20O2.C10H18O2.C5H10/c1-5-6-7-8-9-10-11-12-13-16-19(2)17-14-15-18-20(3)21(22)23-4;1-6-11-16(4,12-7-2)13-9-8-10-14(3)15(17)18-5;1-12(13(15)16-3)8-4-5-9-14(2)10-6-7-11-14;1-11(13(14)15-2)7-3-4-8-12-9-5-6-10-12;1-5-8-11(2)9-6-7-10-12(3)13(14)15-4;2*1-4-5-6-7-8-9(2)10(11)12-3;1-3-5-4-2/h12-13,19-20H,5-11,14-18H2,1-4H3;6-7,14H,1-2,8-13H2,3-5H3;6-7,12H,4-5,8-11H2,1-3H3;11-12H,3-10H2,1-2H3;5,11-12H,1,6-10H2,2-4H3;9H,4-8H2,1-3H3;6-7,9H,4-5,8H2,1-3H3;3H,1,4-5H2,2H3. The van der Waals surface area contributed by atoms with E-state index in [2.05, 4.69) is 126 Å². The van der Waals surface area contributed by atoms with Crippen LogP contribution < -0.4 is 0 Å². The van der Waals surface area contributed by atoms with Crippen molar-refractivity contribution in [1.82, 2.24) is 0 Å². The molecule has 0 aromatic heterocycles. The van der Waals surface area contributed by atoms with Crippen molar-refractivity contribution in [2.75, 3.05) is 49.8 Å². The van der Waals surface area contributed by atoms with E-state index in [1.54, 1.807) is 0 Å². The van der Waals surface area contributed by atoms with Gasteiger partial charge >= 0.3 is 41.8 Å². The molecule has 0 radical (unpaired) electrons. The molecular weight excluding hydrogens is 1450 g/mol. The number of hydrogen-bond donors (Lipinski definition) is 0. The molecule has 9 unspecified atom stereocenters. The van der Waals surface area contributed by atoms with Crippen molar-refractivity contribution in [3.05, 3.63) is 87.1 Å². The minimum Gasteiger partial charge on any atom is -0.469 e. The zero-order chi connectivity index (χ0) is 89.1. The number of ether oxygens (including phenoxy) is 7. The van der Waals surface area contributed by atoms with E-state index >= 15 is 0 Å². The van der Waals surface area contributed by atoms with Crippen LogP contribution in [0.25, 0.3) is 0 Å². The Kier molecular flexibility index (Phi) is 91.3. The van der Waals surface area contributed by atoms with Crippen molar-refractivity contribution in [1.29, 1.82) is 0 Å². The molecule has 14 heteroatoms. The first-order valence-corrected chi connectivity index (χ1v) is 46.3. The van der Waals surface area contributed by atoms with E-state index in [0.29, 0.717) is 5.41 Å². The van der Waals surface area contributed by atoms with E-state index in [1.165, 1.54) is 223 Å². The molecule has 0 aromatic carbocycles. The highest BCUT2D eigenvalue weighted by atomic mass is 16.5. The molecule has 2 aliphatic rings. The summed E-state index contributed by atoms with van der Waals surface area (Å²) in [5, 5.41) is 0. The van der Waals surface area contributed by atoms with Gasteiger partial charge < -0.3 is 33.2 Å². The Labute approximate surface area is 717 Å². The lowest BCUT2D eigenvalue weighted by Crippen LogP contribution is -2.15. The first kappa shape index (κ1) is 121. The van der Waals surface area contributed by atoms with Gasteiger partial charge in [-0.3, -0.25) is 33.6 Å². The highest BCUT2D eigenvalue weighted by Crippen LogP contribution is 2.38. The smallest absolute Gasteiger partial charge is 0.308 e. The molecule has 0 N–H and O–H groups in total. The van der Waals surface area contributed by atoms with Crippen molar-refractivity contribution in [3.63, 3.8) is 0 Å². The summed E-state index contributed by atoms with van der Waals surface area (Å²) in [6.07, 6.45) is 77.3. The summed E-state index contributed by atoms with van der Waals surface area (Å²) in [4.78, 5) is 77.9. The molecule has 116 heavy (non-hydrogen) atoms. The fourth-order valence-corrected chi connectivity index (χ4v) is 14.0. The Bertz CT molecular complexity index is 2420.